The zero-order valence-corrected chi connectivity index (χ0v) is 20.0. The summed E-state index contributed by atoms with van der Waals surface area (Å²) in [4.78, 5) is 30.9. The molecule has 0 radical (unpaired) electrons. The summed E-state index contributed by atoms with van der Waals surface area (Å²) in [6.45, 7) is 2.20. The van der Waals surface area contributed by atoms with Crippen molar-refractivity contribution >= 4 is 28.4 Å². The maximum absolute atomic E-state index is 14.4. The van der Waals surface area contributed by atoms with E-state index in [4.69, 9.17) is 9.47 Å². The van der Waals surface area contributed by atoms with Crippen LogP contribution in [0.5, 0.6) is 5.75 Å². The summed E-state index contributed by atoms with van der Waals surface area (Å²) in [6.07, 6.45) is 1.94. The van der Waals surface area contributed by atoms with E-state index in [1.807, 2.05) is 36.4 Å². The van der Waals surface area contributed by atoms with Crippen LogP contribution in [-0.2, 0) is 16.0 Å². The number of ether oxygens (including phenoxy) is 2. The molecule has 3 aromatic carbocycles. The van der Waals surface area contributed by atoms with Crippen LogP contribution in [0.3, 0.4) is 0 Å². The van der Waals surface area contributed by atoms with E-state index < -0.39 is 17.7 Å². The highest BCUT2D eigenvalue weighted by Crippen LogP contribution is 2.34. The second-order valence-corrected chi connectivity index (χ2v) is 8.46. The maximum Gasteiger partial charge on any atom is 0.341 e. The van der Waals surface area contributed by atoms with Gasteiger partial charge in [0.15, 0.2) is 0 Å². The smallest absolute Gasteiger partial charge is 0.341 e. The van der Waals surface area contributed by atoms with Crippen LogP contribution in [0.2, 0.25) is 0 Å². The Morgan fingerprint density at radius 3 is 2.50 bits per heavy atom. The highest BCUT2D eigenvalue weighted by Gasteiger charge is 2.28. The average Bonchev–Trinajstić information content (AvgIpc) is 3.15. The zero-order valence-electron chi connectivity index (χ0n) is 20.0. The van der Waals surface area contributed by atoms with E-state index in [0.29, 0.717) is 12.1 Å². The molecule has 0 saturated carbocycles. The second kappa shape index (κ2) is 9.70. The van der Waals surface area contributed by atoms with Gasteiger partial charge in [0.25, 0.3) is 5.91 Å². The lowest BCUT2D eigenvalue weighted by Crippen LogP contribution is -2.28. The molecule has 5 rings (SSSR count). The Labute approximate surface area is 208 Å². The third kappa shape index (κ3) is 4.24. The van der Waals surface area contributed by atoms with Gasteiger partial charge in [-0.1, -0.05) is 30.3 Å². The minimum absolute atomic E-state index is 0.0471. The molecule has 0 saturated heterocycles. The molecule has 0 bridgehead atoms. The Hall–Kier alpha value is -4.39. The summed E-state index contributed by atoms with van der Waals surface area (Å²) in [5, 5.41) is 0.953. The summed E-state index contributed by atoms with van der Waals surface area (Å²) in [7, 11) is 1.63. The molecule has 4 aromatic rings. The molecule has 6 nitrogen and oxygen atoms in total. The van der Waals surface area contributed by atoms with Crippen molar-refractivity contribution in [1.82, 2.24) is 9.88 Å². The first-order chi connectivity index (χ1) is 17.5. The van der Waals surface area contributed by atoms with E-state index in [9.17, 15) is 14.0 Å². The third-order valence-electron chi connectivity index (χ3n) is 6.35. The molecule has 2 heterocycles. The molecular weight excluding hydrogens is 459 g/mol. The molecular formula is C29H25FN2O4. The lowest BCUT2D eigenvalue weighted by Gasteiger charge is -2.18. The number of aromatic amines is 1. The van der Waals surface area contributed by atoms with Gasteiger partial charge in [-0.25, -0.2) is 9.18 Å². The molecule has 1 N–H and O–H groups in total. The number of esters is 1. The molecule has 0 atom stereocenters. The molecule has 0 spiro atoms. The van der Waals surface area contributed by atoms with Crippen molar-refractivity contribution in [3.8, 4) is 16.9 Å². The number of fused-ring (bicyclic) bond motifs is 3. The number of benzene rings is 3. The van der Waals surface area contributed by atoms with Gasteiger partial charge in [0.05, 0.1) is 30.5 Å². The molecule has 0 fully saturated rings. The van der Waals surface area contributed by atoms with Gasteiger partial charge in [-0.3, -0.25) is 4.79 Å². The number of hydrogen-bond donors (Lipinski definition) is 1. The lowest BCUT2D eigenvalue weighted by atomic mass is 9.99. The predicted molar refractivity (Wildman–Crippen MR) is 136 cm³/mol. The van der Waals surface area contributed by atoms with Crippen LogP contribution in [-0.4, -0.2) is 42.0 Å². The van der Waals surface area contributed by atoms with Gasteiger partial charge in [0.2, 0.25) is 0 Å². The number of nitrogens with one attached hydrogen (secondary N) is 1. The van der Waals surface area contributed by atoms with Crippen LogP contribution in [0.1, 0.15) is 28.5 Å². The minimum atomic E-state index is -0.606. The van der Waals surface area contributed by atoms with Crippen LogP contribution in [0, 0.1) is 5.82 Å². The average molecular weight is 485 g/mol. The van der Waals surface area contributed by atoms with Gasteiger partial charge in [-0.2, -0.15) is 0 Å². The van der Waals surface area contributed by atoms with E-state index in [2.05, 4.69) is 11.1 Å². The van der Waals surface area contributed by atoms with Crippen molar-refractivity contribution in [2.24, 2.45) is 0 Å². The van der Waals surface area contributed by atoms with Crippen molar-refractivity contribution in [3.63, 3.8) is 0 Å². The molecule has 7 heteroatoms. The van der Waals surface area contributed by atoms with Crippen molar-refractivity contribution in [2.45, 2.75) is 13.3 Å². The van der Waals surface area contributed by atoms with Gasteiger partial charge < -0.3 is 19.4 Å². The van der Waals surface area contributed by atoms with Crippen LogP contribution >= 0.6 is 0 Å². The largest absolute Gasteiger partial charge is 0.497 e. The number of methoxy groups -OCH3 is 1. The van der Waals surface area contributed by atoms with Gasteiger partial charge in [0.1, 0.15) is 11.6 Å². The van der Waals surface area contributed by atoms with Crippen LogP contribution in [0.15, 0.2) is 72.9 Å². The van der Waals surface area contributed by atoms with E-state index in [1.165, 1.54) is 29.3 Å². The number of hydrogen-bond acceptors (Lipinski definition) is 4. The molecule has 1 amide bonds. The van der Waals surface area contributed by atoms with Gasteiger partial charge in [-0.05, 0) is 66.4 Å². The molecule has 182 valence electrons. The van der Waals surface area contributed by atoms with Crippen molar-refractivity contribution < 1.29 is 23.5 Å². The number of rotatable bonds is 5. The summed E-state index contributed by atoms with van der Waals surface area (Å²) in [5.41, 5.74) is 4.62. The highest BCUT2D eigenvalue weighted by molar-refractivity contribution is 6.18. The van der Waals surface area contributed by atoms with Crippen LogP contribution < -0.4 is 4.74 Å². The lowest BCUT2D eigenvalue weighted by molar-refractivity contribution is -0.136. The monoisotopic (exact) mass is 484 g/mol. The standard InChI is InChI=1S/C29H25FN2O4/c1-3-36-29(34)24-17-32(28(33)22-6-4-5-7-25(22)30)15-14-21-23-16-19(10-13-26(23)31-27(21)24)18-8-11-20(35-2)12-9-18/h4-13,16-17,31H,3,14-15H2,1-2H3. The Kier molecular flexibility index (Phi) is 6.29. The predicted octanol–water partition coefficient (Wildman–Crippen LogP) is 5.59. The van der Waals surface area contributed by atoms with Gasteiger partial charge in [0, 0.05) is 23.6 Å². The fourth-order valence-corrected chi connectivity index (χ4v) is 4.53. The summed E-state index contributed by atoms with van der Waals surface area (Å²) in [5.74, 6) is -0.887. The first kappa shape index (κ1) is 23.4. The Morgan fingerprint density at radius 1 is 1.03 bits per heavy atom. The molecule has 1 aliphatic rings. The number of aromatic nitrogens is 1. The molecule has 1 aromatic heterocycles. The number of H-pyrrole nitrogens is 1. The number of carbonyl (C=O) groups excluding carboxylic acids is 2. The van der Waals surface area contributed by atoms with E-state index in [0.717, 1.165) is 33.3 Å². The van der Waals surface area contributed by atoms with Crippen LogP contribution in [0.25, 0.3) is 27.6 Å². The number of nitrogens with zero attached hydrogens (tertiary/aromatic N) is 1. The van der Waals surface area contributed by atoms with Crippen molar-refractivity contribution in [3.05, 3.63) is 95.6 Å². The van der Waals surface area contributed by atoms with Gasteiger partial charge >= 0.3 is 5.97 Å². The Morgan fingerprint density at radius 2 is 1.78 bits per heavy atom. The van der Waals surface area contributed by atoms with Crippen molar-refractivity contribution in [1.29, 1.82) is 0 Å². The molecule has 36 heavy (non-hydrogen) atoms. The Bertz CT molecular complexity index is 1490. The quantitative estimate of drug-likeness (QED) is 0.375. The SMILES string of the molecule is CCOC(=O)C1=CN(C(=O)c2ccccc2F)CCc2c1[nH]c1ccc(-c3ccc(OC)cc3)cc21. The van der Waals surface area contributed by atoms with E-state index in [1.54, 1.807) is 20.1 Å². The van der Waals surface area contributed by atoms with E-state index >= 15 is 0 Å². The van der Waals surface area contributed by atoms with Crippen LogP contribution in [0.4, 0.5) is 4.39 Å². The zero-order chi connectivity index (χ0) is 25.2. The summed E-state index contributed by atoms with van der Waals surface area (Å²) >= 11 is 0. The highest BCUT2D eigenvalue weighted by atomic mass is 19.1. The summed E-state index contributed by atoms with van der Waals surface area (Å²) < 4.78 is 24.9. The summed E-state index contributed by atoms with van der Waals surface area (Å²) in [6, 6.07) is 19.7. The van der Waals surface area contributed by atoms with Gasteiger partial charge in [-0.15, -0.1) is 0 Å². The normalized spacial score (nSPS) is 13.1. The fourth-order valence-electron chi connectivity index (χ4n) is 4.53. The number of halogens is 1. The molecule has 0 unspecified atom stereocenters. The molecule has 1 aliphatic heterocycles. The van der Waals surface area contributed by atoms with E-state index in [-0.39, 0.29) is 24.3 Å². The first-order valence-electron chi connectivity index (χ1n) is 11.7. The number of amides is 1. The number of carbonyl (C=O) groups is 2. The van der Waals surface area contributed by atoms with Crippen molar-refractivity contribution in [2.75, 3.05) is 20.3 Å². The third-order valence-corrected chi connectivity index (χ3v) is 6.35. The molecule has 0 aliphatic carbocycles. The maximum atomic E-state index is 14.4. The second-order valence-electron chi connectivity index (χ2n) is 8.46. The topological polar surface area (TPSA) is 71.6 Å². The fraction of sp³-hybridized carbons (Fsp3) is 0.172. The Balaban J connectivity index is 1.58. The minimum Gasteiger partial charge on any atom is -0.497 e. The first-order valence-corrected chi connectivity index (χ1v) is 11.7.